The molecule has 0 unspecified atom stereocenters. The minimum Gasteiger partial charge on any atom is -0.497 e. The van der Waals surface area contributed by atoms with Crippen molar-refractivity contribution in [1.82, 2.24) is 0 Å². The summed E-state index contributed by atoms with van der Waals surface area (Å²) in [6.07, 6.45) is -5.68. The molecule has 0 saturated carbocycles. The Balaban J connectivity index is 2.27. The summed E-state index contributed by atoms with van der Waals surface area (Å²) in [5.74, 6) is -1.26. The predicted octanol–water partition coefficient (Wildman–Crippen LogP) is 2.71. The summed E-state index contributed by atoms with van der Waals surface area (Å²) >= 11 is 0. The SMILES string of the molecule is COc1ccc([C@H](C2OCCO2)C(F)(F)F)cc1. The van der Waals surface area contributed by atoms with Crippen LogP contribution in [0.25, 0.3) is 0 Å². The number of ether oxygens (including phenoxy) is 3. The van der Waals surface area contributed by atoms with E-state index in [1.807, 2.05) is 0 Å². The largest absolute Gasteiger partial charge is 0.497 e. The summed E-state index contributed by atoms with van der Waals surface area (Å²) in [7, 11) is 1.46. The van der Waals surface area contributed by atoms with Crippen LogP contribution in [-0.2, 0) is 9.47 Å². The maximum Gasteiger partial charge on any atom is 0.400 e. The first-order chi connectivity index (χ1) is 8.52. The van der Waals surface area contributed by atoms with Crippen molar-refractivity contribution in [2.45, 2.75) is 18.4 Å². The minimum absolute atomic E-state index is 0.107. The molecule has 1 aliphatic heterocycles. The predicted molar refractivity (Wildman–Crippen MR) is 57.5 cm³/mol. The highest BCUT2D eigenvalue weighted by molar-refractivity contribution is 5.30. The monoisotopic (exact) mass is 262 g/mol. The van der Waals surface area contributed by atoms with Gasteiger partial charge in [0.25, 0.3) is 0 Å². The Labute approximate surface area is 102 Å². The van der Waals surface area contributed by atoms with Crippen molar-refractivity contribution < 1.29 is 27.4 Å². The van der Waals surface area contributed by atoms with Gasteiger partial charge >= 0.3 is 6.18 Å². The quantitative estimate of drug-likeness (QED) is 0.838. The lowest BCUT2D eigenvalue weighted by atomic mass is 9.98. The van der Waals surface area contributed by atoms with Gasteiger partial charge in [0.15, 0.2) is 6.29 Å². The molecule has 0 spiro atoms. The van der Waals surface area contributed by atoms with Crippen molar-refractivity contribution in [3.8, 4) is 5.75 Å². The van der Waals surface area contributed by atoms with Gasteiger partial charge in [-0.3, -0.25) is 0 Å². The number of methoxy groups -OCH3 is 1. The van der Waals surface area contributed by atoms with Gasteiger partial charge in [0.1, 0.15) is 11.7 Å². The third-order valence-corrected chi connectivity index (χ3v) is 2.75. The minimum atomic E-state index is -4.41. The summed E-state index contributed by atoms with van der Waals surface area (Å²) in [6, 6.07) is 5.73. The maximum absolute atomic E-state index is 13.0. The van der Waals surface area contributed by atoms with Crippen molar-refractivity contribution in [2.24, 2.45) is 0 Å². The van der Waals surface area contributed by atoms with Crippen molar-refractivity contribution in [1.29, 1.82) is 0 Å². The highest BCUT2D eigenvalue weighted by atomic mass is 19.4. The molecule has 0 N–H and O–H groups in total. The molecule has 2 rings (SSSR count). The first-order valence-corrected chi connectivity index (χ1v) is 5.46. The number of rotatable bonds is 3. The second kappa shape index (κ2) is 5.16. The normalized spacial score (nSPS) is 18.9. The molecule has 18 heavy (non-hydrogen) atoms. The van der Waals surface area contributed by atoms with Crippen LogP contribution in [0.15, 0.2) is 24.3 Å². The first-order valence-electron chi connectivity index (χ1n) is 5.46. The zero-order chi connectivity index (χ0) is 13.2. The van der Waals surface area contributed by atoms with Crippen LogP contribution in [0.2, 0.25) is 0 Å². The van der Waals surface area contributed by atoms with E-state index in [9.17, 15) is 13.2 Å². The van der Waals surface area contributed by atoms with Crippen LogP contribution >= 0.6 is 0 Å². The van der Waals surface area contributed by atoms with E-state index >= 15 is 0 Å². The second-order valence-electron chi connectivity index (χ2n) is 3.90. The molecule has 0 aliphatic carbocycles. The van der Waals surface area contributed by atoms with E-state index in [1.54, 1.807) is 0 Å². The molecule has 1 atom stereocenters. The molecule has 1 heterocycles. The topological polar surface area (TPSA) is 27.7 Å². The fourth-order valence-corrected chi connectivity index (χ4v) is 1.88. The Bertz CT molecular complexity index is 383. The van der Waals surface area contributed by atoms with Gasteiger partial charge in [0.2, 0.25) is 0 Å². The lowest BCUT2D eigenvalue weighted by Crippen LogP contribution is -2.32. The number of benzene rings is 1. The lowest BCUT2D eigenvalue weighted by molar-refractivity contribution is -0.207. The standard InChI is InChI=1S/C12H13F3O3/c1-16-9-4-2-8(3-5-9)10(12(13,14)15)11-17-6-7-18-11/h2-5,10-11H,6-7H2,1H3/t10-/m1/s1. The van der Waals surface area contributed by atoms with Crippen LogP contribution in [0.1, 0.15) is 11.5 Å². The van der Waals surface area contributed by atoms with Gasteiger partial charge in [0, 0.05) is 0 Å². The number of halogens is 3. The van der Waals surface area contributed by atoms with Crippen molar-refractivity contribution >= 4 is 0 Å². The van der Waals surface area contributed by atoms with Crippen LogP contribution in [0.5, 0.6) is 5.75 Å². The summed E-state index contributed by atoms with van der Waals surface area (Å²) in [5, 5.41) is 0. The van der Waals surface area contributed by atoms with Crippen molar-refractivity contribution in [2.75, 3.05) is 20.3 Å². The van der Waals surface area contributed by atoms with E-state index in [0.29, 0.717) is 5.75 Å². The van der Waals surface area contributed by atoms with Crippen LogP contribution in [0, 0.1) is 0 Å². The number of alkyl halides is 3. The zero-order valence-electron chi connectivity index (χ0n) is 9.74. The Hall–Kier alpha value is -1.27. The molecule has 3 nitrogen and oxygen atoms in total. The van der Waals surface area contributed by atoms with Gasteiger partial charge in [-0.25, -0.2) is 0 Å². The molecule has 0 radical (unpaired) electrons. The van der Waals surface area contributed by atoms with Gasteiger partial charge in [-0.1, -0.05) is 12.1 Å². The molecule has 1 saturated heterocycles. The van der Waals surface area contributed by atoms with Crippen molar-refractivity contribution in [3.63, 3.8) is 0 Å². The lowest BCUT2D eigenvalue weighted by Gasteiger charge is -2.25. The Morgan fingerprint density at radius 2 is 1.72 bits per heavy atom. The Kier molecular flexibility index (Phi) is 3.77. The summed E-state index contributed by atoms with van der Waals surface area (Å²) in [6.45, 7) is 0.376. The molecule has 6 heteroatoms. The molecule has 1 fully saturated rings. The zero-order valence-corrected chi connectivity index (χ0v) is 9.74. The van der Waals surface area contributed by atoms with Gasteiger partial charge in [-0.2, -0.15) is 13.2 Å². The van der Waals surface area contributed by atoms with E-state index in [-0.39, 0.29) is 18.8 Å². The summed E-state index contributed by atoms with van der Waals surface area (Å²) in [4.78, 5) is 0. The first kappa shape index (κ1) is 13.2. The molecular formula is C12H13F3O3. The van der Waals surface area contributed by atoms with E-state index in [4.69, 9.17) is 14.2 Å². The van der Waals surface area contributed by atoms with E-state index in [2.05, 4.69) is 0 Å². The van der Waals surface area contributed by atoms with Gasteiger partial charge in [-0.15, -0.1) is 0 Å². The van der Waals surface area contributed by atoms with E-state index in [1.165, 1.54) is 31.4 Å². The molecule has 100 valence electrons. The average molecular weight is 262 g/mol. The third kappa shape index (κ3) is 2.76. The Morgan fingerprint density at radius 3 is 2.17 bits per heavy atom. The van der Waals surface area contributed by atoms with Gasteiger partial charge in [-0.05, 0) is 17.7 Å². The Morgan fingerprint density at radius 1 is 1.17 bits per heavy atom. The fraction of sp³-hybridized carbons (Fsp3) is 0.500. The fourth-order valence-electron chi connectivity index (χ4n) is 1.88. The van der Waals surface area contributed by atoms with Gasteiger partial charge < -0.3 is 14.2 Å². The second-order valence-corrected chi connectivity index (χ2v) is 3.90. The van der Waals surface area contributed by atoms with Crippen LogP contribution in [0.3, 0.4) is 0 Å². The van der Waals surface area contributed by atoms with Crippen LogP contribution in [-0.4, -0.2) is 32.8 Å². The molecule has 0 amide bonds. The molecule has 1 aliphatic rings. The van der Waals surface area contributed by atoms with Crippen LogP contribution in [0.4, 0.5) is 13.2 Å². The highest BCUT2D eigenvalue weighted by Gasteiger charge is 2.48. The van der Waals surface area contributed by atoms with E-state index < -0.39 is 18.4 Å². The molecule has 0 aromatic heterocycles. The highest BCUT2D eigenvalue weighted by Crippen LogP contribution is 2.40. The van der Waals surface area contributed by atoms with Crippen LogP contribution < -0.4 is 4.74 Å². The summed E-state index contributed by atoms with van der Waals surface area (Å²) in [5.41, 5.74) is 0.107. The maximum atomic E-state index is 13.0. The average Bonchev–Trinajstić information content (AvgIpc) is 2.82. The number of hydrogen-bond acceptors (Lipinski definition) is 3. The van der Waals surface area contributed by atoms with E-state index in [0.717, 1.165) is 0 Å². The van der Waals surface area contributed by atoms with Crippen molar-refractivity contribution in [3.05, 3.63) is 29.8 Å². The molecule has 1 aromatic carbocycles. The molecular weight excluding hydrogens is 249 g/mol. The third-order valence-electron chi connectivity index (χ3n) is 2.75. The molecule has 0 bridgehead atoms. The summed E-state index contributed by atoms with van der Waals surface area (Å²) < 4.78 is 54.0. The smallest absolute Gasteiger partial charge is 0.400 e. The molecule has 1 aromatic rings. The van der Waals surface area contributed by atoms with Gasteiger partial charge in [0.05, 0.1) is 20.3 Å². The number of hydrogen-bond donors (Lipinski definition) is 0.